The number of nitrogens with one attached hydrogen (secondary N) is 2. The lowest BCUT2D eigenvalue weighted by molar-refractivity contribution is -0.147. The maximum absolute atomic E-state index is 13.6. The number of aromatic nitrogens is 1. The zero-order chi connectivity index (χ0) is 27.7. The summed E-state index contributed by atoms with van der Waals surface area (Å²) in [6.45, 7) is 1.88. The molecule has 2 aliphatic heterocycles. The minimum Gasteiger partial charge on any atom is -0.480 e. The Hall–Kier alpha value is -3.60. The van der Waals surface area contributed by atoms with Crippen molar-refractivity contribution < 1.29 is 32.3 Å². The molecule has 0 saturated carbocycles. The number of anilines is 1. The lowest BCUT2D eigenvalue weighted by Gasteiger charge is -2.41. The number of aliphatic carboxylic acids is 1. The normalized spacial score (nSPS) is 18.8. The first-order valence-corrected chi connectivity index (χ1v) is 13.1. The predicted octanol–water partition coefficient (Wildman–Crippen LogP) is 5.90. The first kappa shape index (κ1) is 27.0. The van der Waals surface area contributed by atoms with E-state index < -0.39 is 35.6 Å². The van der Waals surface area contributed by atoms with Crippen molar-refractivity contribution in [3.8, 4) is 0 Å². The van der Waals surface area contributed by atoms with Crippen LogP contribution in [0, 0.1) is 11.7 Å². The van der Waals surface area contributed by atoms with E-state index in [0.29, 0.717) is 44.0 Å². The Bertz CT molecular complexity index is 1340. The Kier molecular flexibility index (Phi) is 7.53. The highest BCUT2D eigenvalue weighted by atomic mass is 19.4. The molecule has 3 N–H and O–H groups in total. The van der Waals surface area contributed by atoms with Gasteiger partial charge in [-0.05, 0) is 80.4 Å². The third kappa shape index (κ3) is 5.73. The molecule has 5 rings (SSSR count). The molecule has 1 atom stereocenters. The number of hydrogen-bond acceptors (Lipinski definition) is 3. The van der Waals surface area contributed by atoms with Crippen LogP contribution in [0.2, 0.25) is 0 Å². The zero-order valence-corrected chi connectivity index (χ0v) is 21.2. The summed E-state index contributed by atoms with van der Waals surface area (Å²) in [5, 5.41) is 13.7. The predicted molar refractivity (Wildman–Crippen MR) is 138 cm³/mol. The molecular weight excluding hydrogens is 516 g/mol. The van der Waals surface area contributed by atoms with Crippen molar-refractivity contribution in [3.63, 3.8) is 0 Å². The fraction of sp³-hybridized carbons (Fsp3) is 0.429. The van der Waals surface area contributed by atoms with E-state index >= 15 is 0 Å². The number of carbonyl (C=O) groups excluding carboxylic acids is 1. The van der Waals surface area contributed by atoms with Crippen molar-refractivity contribution in [1.29, 1.82) is 0 Å². The molecule has 2 fully saturated rings. The summed E-state index contributed by atoms with van der Waals surface area (Å²) in [6.07, 6.45) is -0.196. The van der Waals surface area contributed by atoms with Gasteiger partial charge in [0.15, 0.2) is 0 Å². The third-order valence-electron chi connectivity index (χ3n) is 8.03. The second-order valence-electron chi connectivity index (χ2n) is 10.3. The highest BCUT2D eigenvalue weighted by molar-refractivity contribution is 5.89. The van der Waals surface area contributed by atoms with Gasteiger partial charge in [0.25, 0.3) is 0 Å². The second kappa shape index (κ2) is 10.9. The minimum absolute atomic E-state index is 0.154. The molecule has 2 saturated heterocycles. The Morgan fingerprint density at radius 2 is 1.69 bits per heavy atom. The number of piperidine rings is 2. The molecular formula is C28H30F4N4O3. The number of alkyl halides is 3. The number of para-hydroxylation sites is 1. The van der Waals surface area contributed by atoms with Gasteiger partial charge < -0.3 is 20.3 Å². The molecule has 0 spiro atoms. The summed E-state index contributed by atoms with van der Waals surface area (Å²) in [7, 11) is 0. The summed E-state index contributed by atoms with van der Waals surface area (Å²) in [5.74, 6) is -2.10. The zero-order valence-electron chi connectivity index (χ0n) is 21.2. The number of urea groups is 1. The molecule has 7 nitrogen and oxygen atoms in total. The Morgan fingerprint density at radius 1 is 1.00 bits per heavy atom. The average Bonchev–Trinajstić information content (AvgIpc) is 3.34. The van der Waals surface area contributed by atoms with Crippen molar-refractivity contribution in [3.05, 3.63) is 65.6 Å². The first-order valence-electron chi connectivity index (χ1n) is 13.1. The van der Waals surface area contributed by atoms with E-state index in [4.69, 9.17) is 0 Å². The van der Waals surface area contributed by atoms with Crippen molar-refractivity contribution in [1.82, 2.24) is 14.8 Å². The van der Waals surface area contributed by atoms with E-state index in [1.807, 2.05) is 23.1 Å². The van der Waals surface area contributed by atoms with Gasteiger partial charge in [0.2, 0.25) is 0 Å². The van der Waals surface area contributed by atoms with Gasteiger partial charge in [0, 0.05) is 35.9 Å². The molecule has 208 valence electrons. The molecule has 3 heterocycles. The van der Waals surface area contributed by atoms with Crippen LogP contribution in [0.4, 0.5) is 28.0 Å². The van der Waals surface area contributed by atoms with Crippen LogP contribution < -0.4 is 5.32 Å². The van der Waals surface area contributed by atoms with Gasteiger partial charge in [-0.15, -0.1) is 0 Å². The van der Waals surface area contributed by atoms with Crippen molar-refractivity contribution in [2.45, 2.75) is 43.8 Å². The average molecular weight is 547 g/mol. The topological polar surface area (TPSA) is 88.7 Å². The number of halogens is 4. The van der Waals surface area contributed by atoms with Crippen LogP contribution in [0.25, 0.3) is 10.9 Å². The van der Waals surface area contributed by atoms with Crippen LogP contribution in [-0.2, 0) is 11.0 Å². The number of fused-ring (bicyclic) bond motifs is 1. The van der Waals surface area contributed by atoms with Crippen LogP contribution in [0.15, 0.2) is 48.7 Å². The maximum atomic E-state index is 13.6. The van der Waals surface area contributed by atoms with Gasteiger partial charge in [-0.2, -0.15) is 13.2 Å². The molecule has 11 heteroatoms. The van der Waals surface area contributed by atoms with Gasteiger partial charge in [-0.3, -0.25) is 9.69 Å². The summed E-state index contributed by atoms with van der Waals surface area (Å²) < 4.78 is 52.5. The Balaban J connectivity index is 1.17. The van der Waals surface area contributed by atoms with Crippen molar-refractivity contribution in [2.75, 3.05) is 31.5 Å². The van der Waals surface area contributed by atoms with Crippen LogP contribution >= 0.6 is 0 Å². The highest BCUT2D eigenvalue weighted by Crippen LogP contribution is 2.36. The molecule has 1 unspecified atom stereocenters. The number of likely N-dealkylation sites (tertiary alicyclic amines) is 2. The summed E-state index contributed by atoms with van der Waals surface area (Å²) >= 11 is 0. The van der Waals surface area contributed by atoms with Gasteiger partial charge in [0.1, 0.15) is 11.9 Å². The number of rotatable bonds is 5. The van der Waals surface area contributed by atoms with Gasteiger partial charge in [0.05, 0.1) is 5.56 Å². The Labute approximate surface area is 222 Å². The minimum atomic E-state index is -4.88. The smallest absolute Gasteiger partial charge is 0.419 e. The van der Waals surface area contributed by atoms with Crippen LogP contribution in [0.1, 0.15) is 42.7 Å². The molecule has 3 aromatic rings. The number of nitrogens with zero attached hydrogens (tertiary/aromatic N) is 2. The number of aromatic amines is 1. The van der Waals surface area contributed by atoms with E-state index in [-0.39, 0.29) is 24.7 Å². The summed E-state index contributed by atoms with van der Waals surface area (Å²) in [5.41, 5.74) is 0.753. The fourth-order valence-electron chi connectivity index (χ4n) is 6.02. The quantitative estimate of drug-likeness (QED) is 0.348. The highest BCUT2D eigenvalue weighted by Gasteiger charge is 2.39. The van der Waals surface area contributed by atoms with E-state index in [1.165, 1.54) is 15.8 Å². The molecule has 2 aliphatic rings. The fourth-order valence-corrected chi connectivity index (χ4v) is 6.02. The maximum Gasteiger partial charge on any atom is 0.419 e. The van der Waals surface area contributed by atoms with E-state index in [1.54, 1.807) is 0 Å². The SMILES string of the molecule is O=C(O)C(C1CCN(C(=O)Nc2ccc(F)c(C(F)(F)F)c2)CC1)N1CCC(c2c[nH]c3ccccc23)CC1. The largest absolute Gasteiger partial charge is 0.480 e. The molecule has 1 aromatic heterocycles. The number of H-pyrrole nitrogens is 1. The number of hydrogen-bond donors (Lipinski definition) is 3. The van der Waals surface area contributed by atoms with E-state index in [2.05, 4.69) is 22.6 Å². The standard InChI is InChI=1S/C28H30F4N4O3/c29-23-6-5-19(15-22(23)28(30,31)32)34-27(39)36-13-9-18(10-14-36)25(26(37)38)35-11-7-17(8-12-35)21-16-33-24-4-2-1-3-20(21)24/h1-6,15-18,25,33H,7-14H2,(H,34,39)(H,37,38). The number of carbonyl (C=O) groups is 2. The van der Waals surface area contributed by atoms with Gasteiger partial charge >= 0.3 is 18.2 Å². The lowest BCUT2D eigenvalue weighted by Crippen LogP contribution is -2.52. The van der Waals surface area contributed by atoms with Crippen molar-refractivity contribution >= 4 is 28.6 Å². The summed E-state index contributed by atoms with van der Waals surface area (Å²) in [6, 6.07) is 9.21. The lowest BCUT2D eigenvalue weighted by atomic mass is 9.84. The third-order valence-corrected chi connectivity index (χ3v) is 8.03. The molecule has 2 aromatic carbocycles. The van der Waals surface area contributed by atoms with E-state index in [9.17, 15) is 32.3 Å². The number of amides is 2. The first-order chi connectivity index (χ1) is 18.6. The van der Waals surface area contributed by atoms with Crippen molar-refractivity contribution in [2.24, 2.45) is 5.92 Å². The monoisotopic (exact) mass is 546 g/mol. The molecule has 0 aliphatic carbocycles. The van der Waals surface area contributed by atoms with E-state index in [0.717, 1.165) is 24.4 Å². The van der Waals surface area contributed by atoms with Crippen LogP contribution in [0.3, 0.4) is 0 Å². The molecule has 0 bridgehead atoms. The van der Waals surface area contributed by atoms with Crippen LogP contribution in [-0.4, -0.2) is 64.1 Å². The van der Waals surface area contributed by atoms with Crippen LogP contribution in [0.5, 0.6) is 0 Å². The molecule has 2 amide bonds. The number of carboxylic acid groups (broad SMARTS) is 1. The molecule has 0 radical (unpaired) electrons. The summed E-state index contributed by atoms with van der Waals surface area (Å²) in [4.78, 5) is 31.8. The number of benzene rings is 2. The van der Waals surface area contributed by atoms with Gasteiger partial charge in [-0.25, -0.2) is 9.18 Å². The Morgan fingerprint density at radius 3 is 2.36 bits per heavy atom. The van der Waals surface area contributed by atoms with Gasteiger partial charge in [-0.1, -0.05) is 18.2 Å². The number of carboxylic acids is 1. The molecule has 39 heavy (non-hydrogen) atoms. The second-order valence-corrected chi connectivity index (χ2v) is 10.3.